The van der Waals surface area contributed by atoms with E-state index < -0.39 is 11.6 Å². The predicted octanol–water partition coefficient (Wildman–Crippen LogP) is 3.57. The summed E-state index contributed by atoms with van der Waals surface area (Å²) in [4.78, 5) is 11.8. The first-order valence-corrected chi connectivity index (χ1v) is 6.40. The molecule has 4 heteroatoms. The number of ketones is 1. The van der Waals surface area contributed by atoms with Crippen molar-refractivity contribution in [3.05, 3.63) is 34.6 Å². The number of aromatic hydroxyl groups is 1. The van der Waals surface area contributed by atoms with Crippen molar-refractivity contribution in [1.29, 1.82) is 0 Å². The van der Waals surface area contributed by atoms with Gasteiger partial charge in [0.05, 0.1) is 5.02 Å². The summed E-state index contributed by atoms with van der Waals surface area (Å²) < 4.78 is 13.6. The number of phenols is 1. The van der Waals surface area contributed by atoms with E-state index in [2.05, 4.69) is 0 Å². The lowest BCUT2D eigenvalue weighted by molar-refractivity contribution is -0.117. The topological polar surface area (TPSA) is 37.3 Å². The summed E-state index contributed by atoms with van der Waals surface area (Å²) in [7, 11) is 0. The van der Waals surface area contributed by atoms with Gasteiger partial charge in [-0.25, -0.2) is 4.39 Å². The molecule has 2 aliphatic rings. The molecule has 0 bridgehead atoms. The van der Waals surface area contributed by atoms with Gasteiger partial charge in [-0.3, -0.25) is 4.79 Å². The largest absolute Gasteiger partial charge is 0.505 e. The van der Waals surface area contributed by atoms with Gasteiger partial charge in [0.15, 0.2) is 17.3 Å². The quantitative estimate of drug-likeness (QED) is 0.844. The van der Waals surface area contributed by atoms with Crippen LogP contribution in [0.25, 0.3) is 5.57 Å². The Morgan fingerprint density at radius 2 is 2.00 bits per heavy atom. The fourth-order valence-electron chi connectivity index (χ4n) is 3.08. The van der Waals surface area contributed by atoms with E-state index in [-0.39, 0.29) is 22.6 Å². The standard InChI is InChI=1S/C14H12ClFO2/c15-13-9(4-5-11(17)14(13)16)10-6-12(18)8-3-1-2-7(8)10/h4-8,17H,1-3H2. The molecule has 0 radical (unpaired) electrons. The highest BCUT2D eigenvalue weighted by atomic mass is 35.5. The van der Waals surface area contributed by atoms with Gasteiger partial charge >= 0.3 is 0 Å². The molecule has 0 aromatic heterocycles. The van der Waals surface area contributed by atoms with Crippen molar-refractivity contribution >= 4 is 23.0 Å². The van der Waals surface area contributed by atoms with Crippen LogP contribution in [0.5, 0.6) is 5.75 Å². The molecule has 94 valence electrons. The van der Waals surface area contributed by atoms with Gasteiger partial charge in [-0.05, 0) is 48.1 Å². The van der Waals surface area contributed by atoms with Gasteiger partial charge < -0.3 is 5.11 Å². The van der Waals surface area contributed by atoms with Crippen molar-refractivity contribution in [2.75, 3.05) is 0 Å². The average molecular weight is 267 g/mol. The number of halogens is 2. The van der Waals surface area contributed by atoms with Gasteiger partial charge in [-0.15, -0.1) is 0 Å². The number of phenolic OH excluding ortho intramolecular Hbond substituents is 1. The monoisotopic (exact) mass is 266 g/mol. The van der Waals surface area contributed by atoms with E-state index in [0.717, 1.165) is 24.8 Å². The minimum atomic E-state index is -0.816. The maximum atomic E-state index is 13.6. The van der Waals surface area contributed by atoms with Crippen LogP contribution in [0.2, 0.25) is 5.02 Å². The van der Waals surface area contributed by atoms with Crippen LogP contribution in [0.3, 0.4) is 0 Å². The fraction of sp³-hybridized carbons (Fsp3) is 0.357. The average Bonchev–Trinajstić information content (AvgIpc) is 2.92. The van der Waals surface area contributed by atoms with Crippen LogP contribution in [0.1, 0.15) is 24.8 Å². The van der Waals surface area contributed by atoms with Crippen molar-refractivity contribution in [2.45, 2.75) is 19.3 Å². The van der Waals surface area contributed by atoms with Crippen LogP contribution in [-0.2, 0) is 4.79 Å². The molecule has 3 rings (SSSR count). The molecular weight excluding hydrogens is 255 g/mol. The molecule has 2 atom stereocenters. The molecule has 1 aromatic carbocycles. The van der Waals surface area contributed by atoms with Crippen molar-refractivity contribution in [3.63, 3.8) is 0 Å². The molecule has 0 heterocycles. The van der Waals surface area contributed by atoms with E-state index in [9.17, 15) is 14.3 Å². The summed E-state index contributed by atoms with van der Waals surface area (Å²) in [6.07, 6.45) is 4.46. The second-order valence-electron chi connectivity index (χ2n) is 4.91. The minimum Gasteiger partial charge on any atom is -0.505 e. The van der Waals surface area contributed by atoms with Crippen molar-refractivity contribution in [2.24, 2.45) is 11.8 Å². The first kappa shape index (κ1) is 11.7. The van der Waals surface area contributed by atoms with Crippen LogP contribution in [0, 0.1) is 17.7 Å². The van der Waals surface area contributed by atoms with Crippen molar-refractivity contribution in [3.8, 4) is 5.75 Å². The molecule has 18 heavy (non-hydrogen) atoms. The molecule has 2 unspecified atom stereocenters. The molecule has 1 aromatic rings. The second kappa shape index (κ2) is 4.09. The van der Waals surface area contributed by atoms with Gasteiger partial charge in [0.1, 0.15) is 0 Å². The molecule has 0 amide bonds. The first-order chi connectivity index (χ1) is 8.59. The third kappa shape index (κ3) is 1.57. The Labute approximate surface area is 109 Å². The van der Waals surface area contributed by atoms with Crippen LogP contribution >= 0.6 is 11.6 Å². The maximum Gasteiger partial charge on any atom is 0.183 e. The Kier molecular flexibility index (Phi) is 2.67. The molecule has 2 aliphatic carbocycles. The number of allylic oxidation sites excluding steroid dienone is 2. The van der Waals surface area contributed by atoms with E-state index in [0.29, 0.717) is 5.56 Å². The Morgan fingerprint density at radius 3 is 2.78 bits per heavy atom. The first-order valence-electron chi connectivity index (χ1n) is 6.02. The molecule has 0 aliphatic heterocycles. The molecular formula is C14H12ClFO2. The zero-order chi connectivity index (χ0) is 12.9. The van der Waals surface area contributed by atoms with E-state index in [1.54, 1.807) is 12.1 Å². The fourth-order valence-corrected chi connectivity index (χ4v) is 3.35. The van der Waals surface area contributed by atoms with E-state index >= 15 is 0 Å². The van der Waals surface area contributed by atoms with Crippen LogP contribution in [0.15, 0.2) is 18.2 Å². The Morgan fingerprint density at radius 1 is 1.28 bits per heavy atom. The smallest absolute Gasteiger partial charge is 0.183 e. The van der Waals surface area contributed by atoms with Gasteiger partial charge in [0, 0.05) is 5.92 Å². The SMILES string of the molecule is O=C1C=C(c2ccc(O)c(F)c2Cl)C2CCCC12. The lowest BCUT2D eigenvalue weighted by Crippen LogP contribution is -2.10. The van der Waals surface area contributed by atoms with Crippen molar-refractivity contribution < 1.29 is 14.3 Å². The highest BCUT2D eigenvalue weighted by molar-refractivity contribution is 6.33. The van der Waals surface area contributed by atoms with Crippen molar-refractivity contribution in [1.82, 2.24) is 0 Å². The highest BCUT2D eigenvalue weighted by Gasteiger charge is 2.40. The molecule has 1 fully saturated rings. The third-order valence-corrected chi connectivity index (χ3v) is 4.32. The number of carbonyl (C=O) groups is 1. The summed E-state index contributed by atoms with van der Waals surface area (Å²) in [6, 6.07) is 2.87. The highest BCUT2D eigenvalue weighted by Crippen LogP contribution is 2.48. The number of fused-ring (bicyclic) bond motifs is 1. The zero-order valence-electron chi connectivity index (χ0n) is 9.62. The molecule has 1 N–H and O–H groups in total. The van der Waals surface area contributed by atoms with Crippen LogP contribution in [-0.4, -0.2) is 10.9 Å². The number of benzene rings is 1. The van der Waals surface area contributed by atoms with E-state index in [1.165, 1.54) is 6.07 Å². The van der Waals surface area contributed by atoms with Crippen LogP contribution in [0.4, 0.5) is 4.39 Å². The summed E-state index contributed by atoms with van der Waals surface area (Å²) in [5.74, 6) is -0.940. The molecule has 0 spiro atoms. The van der Waals surface area contributed by atoms with Gasteiger partial charge in [0.25, 0.3) is 0 Å². The minimum absolute atomic E-state index is 0.0490. The van der Waals surface area contributed by atoms with Crippen LogP contribution < -0.4 is 0 Å². The predicted molar refractivity (Wildman–Crippen MR) is 66.9 cm³/mol. The normalized spacial score (nSPS) is 26.3. The maximum absolute atomic E-state index is 13.6. The molecule has 1 saturated carbocycles. The zero-order valence-corrected chi connectivity index (χ0v) is 10.4. The lowest BCUT2D eigenvalue weighted by atomic mass is 9.90. The second-order valence-corrected chi connectivity index (χ2v) is 5.28. The number of carbonyl (C=O) groups excluding carboxylic acids is 1. The van der Waals surface area contributed by atoms with Gasteiger partial charge in [-0.2, -0.15) is 0 Å². The van der Waals surface area contributed by atoms with Gasteiger partial charge in [0.2, 0.25) is 0 Å². The third-order valence-electron chi connectivity index (χ3n) is 3.95. The number of hydrogen-bond donors (Lipinski definition) is 1. The Hall–Kier alpha value is -1.35. The Balaban J connectivity index is 2.09. The van der Waals surface area contributed by atoms with E-state index in [1.807, 2.05) is 0 Å². The Bertz CT molecular complexity index is 565. The molecule has 2 nitrogen and oxygen atoms in total. The number of hydrogen-bond acceptors (Lipinski definition) is 2. The van der Waals surface area contributed by atoms with E-state index in [4.69, 9.17) is 11.6 Å². The molecule has 0 saturated heterocycles. The summed E-state index contributed by atoms with van der Waals surface area (Å²) >= 11 is 5.93. The summed E-state index contributed by atoms with van der Waals surface area (Å²) in [6.45, 7) is 0. The summed E-state index contributed by atoms with van der Waals surface area (Å²) in [5, 5.41) is 9.17. The lowest BCUT2D eigenvalue weighted by Gasteiger charge is -2.15. The van der Waals surface area contributed by atoms with Gasteiger partial charge in [-0.1, -0.05) is 18.0 Å². The number of rotatable bonds is 1. The summed E-state index contributed by atoms with van der Waals surface area (Å²) in [5.41, 5.74) is 1.36.